The molecule has 0 unspecified atom stereocenters. The van der Waals surface area contributed by atoms with E-state index in [1.165, 1.54) is 36.8 Å². The fraction of sp³-hybridized carbons (Fsp3) is 0.385. The summed E-state index contributed by atoms with van der Waals surface area (Å²) in [5, 5.41) is 3.89. The smallest absolute Gasteiger partial charge is 0.0113 e. The van der Waals surface area contributed by atoms with Gasteiger partial charge in [0, 0.05) is 12.0 Å². The van der Waals surface area contributed by atoms with Gasteiger partial charge in [-0.25, -0.2) is 0 Å². The van der Waals surface area contributed by atoms with Gasteiger partial charge < -0.3 is 5.32 Å². The number of fused-ring (bicyclic) bond motifs is 1. The summed E-state index contributed by atoms with van der Waals surface area (Å²) in [4.78, 5) is 0. The van der Waals surface area contributed by atoms with Gasteiger partial charge in [0.2, 0.25) is 0 Å². The molecule has 27 heavy (non-hydrogen) atoms. The van der Waals surface area contributed by atoms with Gasteiger partial charge in [-0.1, -0.05) is 78.4 Å². The molecule has 1 N–H and O–H groups in total. The first-order valence-corrected chi connectivity index (χ1v) is 10.4. The van der Waals surface area contributed by atoms with Crippen molar-refractivity contribution >= 4 is 0 Å². The summed E-state index contributed by atoms with van der Waals surface area (Å²) in [5.74, 6) is 0.460. The average Bonchev–Trinajstić information content (AvgIpc) is 3.23. The SMILES string of the molecule is C=CC[C@]12CCC=C1C[C@@H](NCCC(c1ccccc1)c1ccccc1)C2. The first-order valence-electron chi connectivity index (χ1n) is 10.4. The molecule has 1 fully saturated rings. The maximum Gasteiger partial charge on any atom is 0.0113 e. The summed E-state index contributed by atoms with van der Waals surface area (Å²) >= 11 is 0. The van der Waals surface area contributed by atoms with Crippen molar-refractivity contribution in [2.24, 2.45) is 5.41 Å². The Balaban J connectivity index is 1.40. The minimum Gasteiger partial charge on any atom is -0.314 e. The van der Waals surface area contributed by atoms with Crippen LogP contribution in [0.25, 0.3) is 0 Å². The Labute approximate surface area is 164 Å². The zero-order chi connectivity index (χ0) is 18.5. The van der Waals surface area contributed by atoms with E-state index in [1.807, 2.05) is 0 Å². The standard InChI is InChI=1S/C26H31N/c1-2-16-26-17-9-14-23(26)19-24(20-26)27-18-15-25(21-10-5-3-6-11-21)22-12-7-4-8-13-22/h2-8,10-14,24-25,27H,1,9,15-20H2/t24-,26-/m1/s1. The van der Waals surface area contributed by atoms with Crippen LogP contribution in [0.2, 0.25) is 0 Å². The largest absolute Gasteiger partial charge is 0.314 e. The maximum absolute atomic E-state index is 4.01. The minimum absolute atomic E-state index is 0.428. The predicted molar refractivity (Wildman–Crippen MR) is 115 cm³/mol. The van der Waals surface area contributed by atoms with Crippen LogP contribution in [0.1, 0.15) is 55.6 Å². The molecule has 1 nitrogen and oxygen atoms in total. The van der Waals surface area contributed by atoms with Crippen molar-refractivity contribution in [3.05, 3.63) is 96.1 Å². The quantitative estimate of drug-likeness (QED) is 0.551. The maximum atomic E-state index is 4.01. The Kier molecular flexibility index (Phi) is 5.59. The second-order valence-electron chi connectivity index (χ2n) is 8.26. The lowest BCUT2D eigenvalue weighted by molar-refractivity contribution is 0.335. The summed E-state index contributed by atoms with van der Waals surface area (Å²) < 4.78 is 0. The van der Waals surface area contributed by atoms with E-state index >= 15 is 0 Å². The van der Waals surface area contributed by atoms with Crippen molar-refractivity contribution in [3.8, 4) is 0 Å². The van der Waals surface area contributed by atoms with Crippen LogP contribution in [0.5, 0.6) is 0 Å². The van der Waals surface area contributed by atoms with Crippen molar-refractivity contribution in [2.75, 3.05) is 6.54 Å². The average molecular weight is 358 g/mol. The molecule has 0 spiro atoms. The van der Waals surface area contributed by atoms with Gasteiger partial charge in [-0.3, -0.25) is 0 Å². The molecule has 4 rings (SSSR count). The van der Waals surface area contributed by atoms with Gasteiger partial charge in [0.25, 0.3) is 0 Å². The monoisotopic (exact) mass is 357 g/mol. The van der Waals surface area contributed by atoms with Crippen LogP contribution in [-0.2, 0) is 0 Å². The summed E-state index contributed by atoms with van der Waals surface area (Å²) in [5.41, 5.74) is 4.96. The van der Waals surface area contributed by atoms with Gasteiger partial charge in [0.05, 0.1) is 0 Å². The highest BCUT2D eigenvalue weighted by atomic mass is 14.9. The number of benzene rings is 2. The van der Waals surface area contributed by atoms with Crippen molar-refractivity contribution in [1.29, 1.82) is 0 Å². The fourth-order valence-corrected chi connectivity index (χ4v) is 5.31. The number of hydrogen-bond acceptors (Lipinski definition) is 1. The first kappa shape index (κ1) is 18.3. The van der Waals surface area contributed by atoms with Crippen LogP contribution in [0, 0.1) is 5.41 Å². The zero-order valence-electron chi connectivity index (χ0n) is 16.2. The lowest BCUT2D eigenvalue weighted by Gasteiger charge is -2.26. The van der Waals surface area contributed by atoms with E-state index in [0.29, 0.717) is 17.4 Å². The normalized spacial score (nSPS) is 24.0. The van der Waals surface area contributed by atoms with Crippen LogP contribution >= 0.6 is 0 Å². The first-order chi connectivity index (χ1) is 13.3. The topological polar surface area (TPSA) is 12.0 Å². The molecular formula is C26H31N. The van der Waals surface area contributed by atoms with Gasteiger partial charge in [0.15, 0.2) is 0 Å². The van der Waals surface area contributed by atoms with Crippen molar-refractivity contribution in [2.45, 2.75) is 50.5 Å². The summed E-state index contributed by atoms with van der Waals surface area (Å²) in [6, 6.07) is 22.5. The molecule has 140 valence electrons. The third-order valence-electron chi connectivity index (χ3n) is 6.60. The van der Waals surface area contributed by atoms with E-state index in [2.05, 4.69) is 84.7 Å². The highest BCUT2D eigenvalue weighted by Crippen LogP contribution is 2.53. The molecule has 2 atom stereocenters. The van der Waals surface area contributed by atoms with Gasteiger partial charge in [0.1, 0.15) is 0 Å². The van der Waals surface area contributed by atoms with Crippen molar-refractivity contribution in [3.63, 3.8) is 0 Å². The molecule has 2 aromatic rings. The third kappa shape index (κ3) is 3.94. The molecule has 1 heteroatoms. The van der Waals surface area contributed by atoms with Gasteiger partial charge >= 0.3 is 0 Å². The molecule has 0 saturated heterocycles. The summed E-state index contributed by atoms with van der Waals surface area (Å²) in [6.45, 7) is 5.08. The Morgan fingerprint density at radius 1 is 1.04 bits per heavy atom. The van der Waals surface area contributed by atoms with Crippen LogP contribution in [0.4, 0.5) is 0 Å². The number of allylic oxidation sites excluding steroid dienone is 2. The minimum atomic E-state index is 0.428. The molecule has 0 amide bonds. The Morgan fingerprint density at radius 2 is 1.70 bits per heavy atom. The molecule has 0 aromatic heterocycles. The van der Waals surface area contributed by atoms with Crippen LogP contribution in [-0.4, -0.2) is 12.6 Å². The summed E-state index contributed by atoms with van der Waals surface area (Å²) in [6.07, 6.45) is 12.0. The predicted octanol–water partition coefficient (Wildman–Crippen LogP) is 6.24. The van der Waals surface area contributed by atoms with Crippen LogP contribution in [0.3, 0.4) is 0 Å². The molecule has 2 aromatic carbocycles. The zero-order valence-corrected chi connectivity index (χ0v) is 16.2. The van der Waals surface area contributed by atoms with Crippen molar-refractivity contribution < 1.29 is 0 Å². The number of rotatable bonds is 8. The van der Waals surface area contributed by atoms with E-state index in [-0.39, 0.29) is 0 Å². The molecule has 0 radical (unpaired) electrons. The molecule has 0 bridgehead atoms. The van der Waals surface area contributed by atoms with E-state index in [0.717, 1.165) is 19.4 Å². The number of nitrogens with one attached hydrogen (secondary N) is 1. The Hall–Kier alpha value is -2.12. The highest BCUT2D eigenvalue weighted by Gasteiger charge is 2.43. The Bertz CT molecular complexity index is 737. The number of hydrogen-bond donors (Lipinski definition) is 1. The highest BCUT2D eigenvalue weighted by molar-refractivity contribution is 5.32. The third-order valence-corrected chi connectivity index (χ3v) is 6.60. The van der Waals surface area contributed by atoms with Crippen LogP contribution in [0.15, 0.2) is 85.0 Å². The van der Waals surface area contributed by atoms with Crippen LogP contribution < -0.4 is 5.32 Å². The van der Waals surface area contributed by atoms with E-state index in [1.54, 1.807) is 5.57 Å². The molecule has 1 saturated carbocycles. The molecule has 2 aliphatic rings. The van der Waals surface area contributed by atoms with E-state index in [9.17, 15) is 0 Å². The lowest BCUT2D eigenvalue weighted by atomic mass is 9.80. The summed E-state index contributed by atoms with van der Waals surface area (Å²) in [7, 11) is 0. The van der Waals surface area contributed by atoms with E-state index in [4.69, 9.17) is 0 Å². The molecular weight excluding hydrogens is 326 g/mol. The molecule has 0 aliphatic heterocycles. The molecule has 2 aliphatic carbocycles. The molecule has 0 heterocycles. The van der Waals surface area contributed by atoms with Gasteiger partial charge in [-0.2, -0.15) is 0 Å². The van der Waals surface area contributed by atoms with Gasteiger partial charge in [-0.05, 0) is 61.6 Å². The van der Waals surface area contributed by atoms with Crippen molar-refractivity contribution in [1.82, 2.24) is 5.32 Å². The fourth-order valence-electron chi connectivity index (χ4n) is 5.31. The van der Waals surface area contributed by atoms with Gasteiger partial charge in [-0.15, -0.1) is 6.58 Å². The Morgan fingerprint density at radius 3 is 2.33 bits per heavy atom. The second kappa shape index (κ2) is 8.27. The second-order valence-corrected chi connectivity index (χ2v) is 8.26. The van der Waals surface area contributed by atoms with E-state index < -0.39 is 0 Å². The lowest BCUT2D eigenvalue weighted by Crippen LogP contribution is -2.30.